The van der Waals surface area contributed by atoms with Gasteiger partial charge in [-0.05, 0) is 77.7 Å². The normalized spacial score (nSPS) is 19.8. The van der Waals surface area contributed by atoms with E-state index in [2.05, 4.69) is 34.2 Å². The molecule has 0 N–H and O–H groups in total. The standard InChI is InChI=1S/C31H44N4O4S.C2H6/c1-7-8-11-25(34-17-10-12-26(21-34)38-6)20-23(2)40(37)35-22-27(29-28(35)13-9-16-32-29)24-14-18-33(19-15-24)30(36)39-31(3,4)5;1-2/h7-9,13-14,16,20,22-23,26H,10-12,15,17-19,21H2,1-6H3;1-2H3/b8-7-,25-20+;. The van der Waals surface area contributed by atoms with Gasteiger partial charge >= 0.3 is 6.09 Å². The lowest BCUT2D eigenvalue weighted by molar-refractivity contribution is 0.0270. The van der Waals surface area contributed by atoms with Crippen molar-refractivity contribution in [2.24, 2.45) is 0 Å². The molecule has 3 unspecified atom stereocenters. The SMILES string of the molecule is C/C=C\C/C(=C\C(C)S(=O)n1cc(C2=CCN(C(=O)OC(C)(C)C)CC2)c2ncccc21)N1CCCC(OC)C1.CC. The highest BCUT2D eigenvalue weighted by Crippen LogP contribution is 2.31. The molecule has 4 rings (SSSR count). The molecule has 8 nitrogen and oxygen atoms in total. The topological polar surface area (TPSA) is 76.9 Å². The van der Waals surface area contributed by atoms with E-state index in [1.807, 2.05) is 70.8 Å². The fourth-order valence-corrected chi connectivity index (χ4v) is 6.44. The maximum atomic E-state index is 14.0. The molecular weight excluding hydrogens is 548 g/mol. The number of pyridine rings is 1. The maximum absolute atomic E-state index is 14.0. The number of carbonyl (C=O) groups excluding carboxylic acids is 1. The van der Waals surface area contributed by atoms with Crippen molar-refractivity contribution in [1.29, 1.82) is 0 Å². The van der Waals surface area contributed by atoms with Crippen LogP contribution in [0.4, 0.5) is 4.79 Å². The molecular formula is C33H50N4O4S. The lowest BCUT2D eigenvalue weighted by Crippen LogP contribution is -2.39. The van der Waals surface area contributed by atoms with E-state index in [1.54, 1.807) is 18.2 Å². The zero-order valence-corrected chi connectivity index (χ0v) is 27.6. The number of aromatic nitrogens is 2. The molecule has 0 aromatic carbocycles. The summed E-state index contributed by atoms with van der Waals surface area (Å²) in [6.07, 6.45) is 15.7. The number of carbonyl (C=O) groups is 1. The number of hydrogen-bond acceptors (Lipinski definition) is 6. The Morgan fingerprint density at radius 2 is 2.00 bits per heavy atom. The van der Waals surface area contributed by atoms with Gasteiger partial charge in [-0.15, -0.1) is 0 Å². The summed E-state index contributed by atoms with van der Waals surface area (Å²) in [5.74, 6) is 0. The number of piperidine rings is 1. The highest BCUT2D eigenvalue weighted by atomic mass is 32.2. The van der Waals surface area contributed by atoms with Crippen molar-refractivity contribution in [2.45, 2.75) is 91.1 Å². The maximum Gasteiger partial charge on any atom is 0.410 e. The Kier molecular flexibility index (Phi) is 12.4. The van der Waals surface area contributed by atoms with Gasteiger partial charge in [0, 0.05) is 63.4 Å². The van der Waals surface area contributed by atoms with Gasteiger partial charge in [-0.1, -0.05) is 32.1 Å². The Labute approximate surface area is 255 Å². The van der Waals surface area contributed by atoms with Crippen LogP contribution in [0.5, 0.6) is 0 Å². The van der Waals surface area contributed by atoms with Crippen LogP contribution in [0.3, 0.4) is 0 Å². The van der Waals surface area contributed by atoms with Crippen LogP contribution in [0.2, 0.25) is 0 Å². The minimum atomic E-state index is -1.35. The van der Waals surface area contributed by atoms with Crippen molar-refractivity contribution < 1.29 is 18.5 Å². The first-order valence-electron chi connectivity index (χ1n) is 15.2. The molecule has 9 heteroatoms. The Bertz CT molecular complexity index is 1310. The molecule has 0 aliphatic carbocycles. The summed E-state index contributed by atoms with van der Waals surface area (Å²) in [5, 5.41) is -0.213. The van der Waals surface area contributed by atoms with Gasteiger partial charge in [-0.2, -0.15) is 0 Å². The van der Waals surface area contributed by atoms with E-state index in [1.165, 1.54) is 5.70 Å². The zero-order valence-electron chi connectivity index (χ0n) is 26.8. The van der Waals surface area contributed by atoms with Crippen LogP contribution in [0.1, 0.15) is 79.7 Å². The third-order valence-corrected chi connectivity index (χ3v) is 8.81. The van der Waals surface area contributed by atoms with Crippen molar-refractivity contribution in [3.63, 3.8) is 0 Å². The highest BCUT2D eigenvalue weighted by molar-refractivity contribution is 7.84. The molecule has 0 bridgehead atoms. The number of nitrogens with zero attached hydrogens (tertiary/aromatic N) is 4. The molecule has 1 amide bonds. The fraction of sp³-hybridized carbons (Fsp3) is 0.576. The van der Waals surface area contributed by atoms with Crippen molar-refractivity contribution >= 4 is 33.7 Å². The molecule has 232 valence electrons. The second kappa shape index (κ2) is 15.5. The number of fused-ring (bicyclic) bond motifs is 1. The van der Waals surface area contributed by atoms with E-state index in [0.717, 1.165) is 54.5 Å². The first-order valence-corrected chi connectivity index (χ1v) is 16.4. The molecule has 2 aromatic rings. The van der Waals surface area contributed by atoms with Crippen LogP contribution in [0.25, 0.3) is 16.6 Å². The Morgan fingerprint density at radius 3 is 2.64 bits per heavy atom. The van der Waals surface area contributed by atoms with Crippen LogP contribution >= 0.6 is 0 Å². The predicted octanol–water partition coefficient (Wildman–Crippen LogP) is 6.95. The second-order valence-corrected chi connectivity index (χ2v) is 13.2. The molecule has 0 radical (unpaired) electrons. The summed E-state index contributed by atoms with van der Waals surface area (Å²) in [6, 6.07) is 3.86. The first-order chi connectivity index (χ1) is 20.1. The summed E-state index contributed by atoms with van der Waals surface area (Å²) in [7, 11) is 0.432. The molecule has 4 heterocycles. The first kappa shape index (κ1) is 33.6. The zero-order chi connectivity index (χ0) is 30.9. The van der Waals surface area contributed by atoms with Gasteiger partial charge in [-0.25, -0.2) is 9.00 Å². The van der Waals surface area contributed by atoms with Crippen molar-refractivity contribution in [3.05, 3.63) is 60.1 Å². The highest BCUT2D eigenvalue weighted by Gasteiger charge is 2.27. The largest absolute Gasteiger partial charge is 0.444 e. The van der Waals surface area contributed by atoms with E-state index in [4.69, 9.17) is 9.47 Å². The predicted molar refractivity (Wildman–Crippen MR) is 174 cm³/mol. The van der Waals surface area contributed by atoms with Crippen molar-refractivity contribution in [3.8, 4) is 0 Å². The smallest absolute Gasteiger partial charge is 0.410 e. The van der Waals surface area contributed by atoms with Gasteiger partial charge in [-0.3, -0.25) is 8.96 Å². The van der Waals surface area contributed by atoms with Crippen LogP contribution < -0.4 is 0 Å². The van der Waals surface area contributed by atoms with Gasteiger partial charge in [0.25, 0.3) is 0 Å². The Balaban J connectivity index is 0.00000237. The minimum absolute atomic E-state index is 0.213. The molecule has 1 saturated heterocycles. The number of amides is 1. The second-order valence-electron chi connectivity index (χ2n) is 11.5. The molecule has 2 aromatic heterocycles. The fourth-order valence-electron chi connectivity index (χ4n) is 5.26. The number of methoxy groups -OCH3 is 1. The van der Waals surface area contributed by atoms with Crippen LogP contribution in [-0.4, -0.2) is 79.3 Å². The lowest BCUT2D eigenvalue weighted by atomic mass is 10.0. The summed E-state index contributed by atoms with van der Waals surface area (Å²) < 4.78 is 27.1. The number of allylic oxidation sites excluding steroid dienone is 2. The van der Waals surface area contributed by atoms with Gasteiger partial charge in [0.1, 0.15) is 16.6 Å². The number of rotatable bonds is 8. The Hall–Kier alpha value is -2.91. The summed E-state index contributed by atoms with van der Waals surface area (Å²) in [5.41, 5.74) is 4.41. The third kappa shape index (κ3) is 8.57. The van der Waals surface area contributed by atoms with Crippen molar-refractivity contribution in [1.82, 2.24) is 18.8 Å². The number of hydrogen-bond donors (Lipinski definition) is 0. The van der Waals surface area contributed by atoms with Gasteiger partial charge in [0.2, 0.25) is 0 Å². The molecule has 42 heavy (non-hydrogen) atoms. The molecule has 1 fully saturated rings. The van der Waals surface area contributed by atoms with Gasteiger partial charge in [0.15, 0.2) is 0 Å². The molecule has 0 saturated carbocycles. The average Bonchev–Trinajstić information content (AvgIpc) is 3.38. The van der Waals surface area contributed by atoms with Crippen LogP contribution in [0.15, 0.2) is 54.5 Å². The number of ether oxygens (including phenoxy) is 2. The summed E-state index contributed by atoms with van der Waals surface area (Å²) >= 11 is 0. The minimum Gasteiger partial charge on any atom is -0.444 e. The monoisotopic (exact) mass is 598 g/mol. The van der Waals surface area contributed by atoms with Gasteiger partial charge < -0.3 is 19.3 Å². The molecule has 2 aliphatic rings. The van der Waals surface area contributed by atoms with Gasteiger partial charge in [0.05, 0.1) is 22.4 Å². The van der Waals surface area contributed by atoms with E-state index >= 15 is 0 Å². The van der Waals surface area contributed by atoms with E-state index in [-0.39, 0.29) is 17.4 Å². The number of likely N-dealkylation sites (tertiary alicyclic amines) is 1. The van der Waals surface area contributed by atoms with Crippen molar-refractivity contribution in [2.75, 3.05) is 33.3 Å². The quantitative estimate of drug-likeness (QED) is 0.306. The van der Waals surface area contributed by atoms with E-state index in [0.29, 0.717) is 19.5 Å². The Morgan fingerprint density at radius 1 is 1.24 bits per heavy atom. The molecule has 2 aliphatic heterocycles. The van der Waals surface area contributed by atoms with E-state index in [9.17, 15) is 9.00 Å². The van der Waals surface area contributed by atoms with E-state index < -0.39 is 16.6 Å². The lowest BCUT2D eigenvalue weighted by Gasteiger charge is -2.35. The summed E-state index contributed by atoms with van der Waals surface area (Å²) in [6.45, 7) is 16.5. The van der Waals surface area contributed by atoms with Crippen LogP contribution in [0, 0.1) is 0 Å². The molecule has 3 atom stereocenters. The summed E-state index contributed by atoms with van der Waals surface area (Å²) in [4.78, 5) is 21.3. The third-order valence-electron chi connectivity index (χ3n) is 7.35. The average molecular weight is 599 g/mol. The van der Waals surface area contributed by atoms with Crippen LogP contribution in [-0.2, 0) is 20.5 Å². The molecule has 0 spiro atoms.